The van der Waals surface area contributed by atoms with Gasteiger partial charge in [0, 0.05) is 12.4 Å². The summed E-state index contributed by atoms with van der Waals surface area (Å²) in [6.45, 7) is 1.91. The third kappa shape index (κ3) is 2.70. The van der Waals surface area contributed by atoms with Gasteiger partial charge in [0.2, 0.25) is 0 Å². The summed E-state index contributed by atoms with van der Waals surface area (Å²) >= 11 is 0. The fourth-order valence-electron chi connectivity index (χ4n) is 1.18. The lowest BCUT2D eigenvalue weighted by Crippen LogP contribution is -2.33. The van der Waals surface area contributed by atoms with Crippen LogP contribution in [0, 0.1) is 0 Å². The van der Waals surface area contributed by atoms with Crippen molar-refractivity contribution in [3.05, 3.63) is 30.1 Å². The van der Waals surface area contributed by atoms with Crippen LogP contribution in [0.4, 0.5) is 13.2 Å². The third-order valence-corrected chi connectivity index (χ3v) is 1.78. The van der Waals surface area contributed by atoms with Gasteiger partial charge in [0.05, 0.1) is 0 Å². The fraction of sp³-hybridized carbons (Fsp3) is 0.444. The van der Waals surface area contributed by atoms with Crippen LogP contribution >= 0.6 is 0 Å². The predicted octanol–water partition coefficient (Wildman–Crippen LogP) is 2.29. The molecule has 0 saturated carbocycles. The Morgan fingerprint density at radius 3 is 2.36 bits per heavy atom. The maximum atomic E-state index is 12.5. The highest BCUT2D eigenvalue weighted by Gasteiger charge is 2.39. The second-order valence-electron chi connectivity index (χ2n) is 2.81. The third-order valence-electron chi connectivity index (χ3n) is 1.78. The Hall–Kier alpha value is -1.10. The maximum Gasteiger partial charge on any atom is 0.407 e. The Morgan fingerprint density at radius 1 is 1.36 bits per heavy atom. The molecule has 0 aliphatic carbocycles. The second-order valence-corrected chi connectivity index (χ2v) is 2.81. The van der Waals surface area contributed by atoms with Crippen molar-refractivity contribution < 1.29 is 13.2 Å². The molecular formula is C9H11F3N2. The molecule has 0 aromatic carbocycles. The minimum absolute atomic E-state index is 0.189. The largest absolute Gasteiger partial charge is 0.407 e. The number of nitrogens with one attached hydrogen (secondary N) is 1. The molecule has 0 aliphatic heterocycles. The number of hydrogen-bond donors (Lipinski definition) is 1. The molecule has 1 rings (SSSR count). The minimum atomic E-state index is -4.27. The topological polar surface area (TPSA) is 24.9 Å². The van der Waals surface area contributed by atoms with E-state index in [-0.39, 0.29) is 12.1 Å². The van der Waals surface area contributed by atoms with Crippen molar-refractivity contribution in [1.82, 2.24) is 10.3 Å². The van der Waals surface area contributed by atoms with Gasteiger partial charge >= 0.3 is 6.18 Å². The van der Waals surface area contributed by atoms with E-state index in [0.717, 1.165) is 0 Å². The summed E-state index contributed by atoms with van der Waals surface area (Å²) < 4.78 is 37.5. The summed E-state index contributed by atoms with van der Waals surface area (Å²) in [5.74, 6) is 0. The van der Waals surface area contributed by atoms with Crippen LogP contribution in [0.2, 0.25) is 0 Å². The minimum Gasteiger partial charge on any atom is -0.303 e. The summed E-state index contributed by atoms with van der Waals surface area (Å²) in [6.07, 6.45) is -1.56. The van der Waals surface area contributed by atoms with Crippen LogP contribution in [0.5, 0.6) is 0 Å². The first kappa shape index (κ1) is 11.0. The van der Waals surface area contributed by atoms with Crippen molar-refractivity contribution in [3.63, 3.8) is 0 Å². The Labute approximate surface area is 80.2 Å². The lowest BCUT2D eigenvalue weighted by molar-refractivity contribution is -0.157. The number of aromatic nitrogens is 1. The summed E-state index contributed by atoms with van der Waals surface area (Å²) in [5.41, 5.74) is 0.189. The zero-order chi connectivity index (χ0) is 10.6. The molecule has 0 amide bonds. The Kier molecular flexibility index (Phi) is 3.46. The average Bonchev–Trinajstić information content (AvgIpc) is 2.14. The van der Waals surface area contributed by atoms with E-state index in [2.05, 4.69) is 10.3 Å². The van der Waals surface area contributed by atoms with Crippen molar-refractivity contribution in [3.8, 4) is 0 Å². The molecule has 1 N–H and O–H groups in total. The molecule has 78 valence electrons. The first-order chi connectivity index (χ1) is 6.55. The molecule has 1 heterocycles. The van der Waals surface area contributed by atoms with Crippen molar-refractivity contribution in [2.45, 2.75) is 19.1 Å². The van der Waals surface area contributed by atoms with E-state index in [9.17, 15) is 13.2 Å². The quantitative estimate of drug-likeness (QED) is 0.817. The smallest absolute Gasteiger partial charge is 0.303 e. The van der Waals surface area contributed by atoms with Crippen LogP contribution in [-0.2, 0) is 0 Å². The molecule has 5 heteroatoms. The van der Waals surface area contributed by atoms with E-state index in [1.54, 1.807) is 6.92 Å². The zero-order valence-corrected chi connectivity index (χ0v) is 7.67. The molecule has 1 unspecified atom stereocenters. The molecule has 1 atom stereocenters. The average molecular weight is 204 g/mol. The molecule has 14 heavy (non-hydrogen) atoms. The van der Waals surface area contributed by atoms with Gasteiger partial charge in [0.15, 0.2) is 0 Å². The van der Waals surface area contributed by atoms with Crippen molar-refractivity contribution >= 4 is 0 Å². The van der Waals surface area contributed by atoms with Crippen LogP contribution in [0.1, 0.15) is 18.5 Å². The Morgan fingerprint density at radius 2 is 1.93 bits per heavy atom. The van der Waals surface area contributed by atoms with Gasteiger partial charge in [-0.1, -0.05) is 6.92 Å². The number of halogens is 3. The summed E-state index contributed by atoms with van der Waals surface area (Å²) in [7, 11) is 0. The highest BCUT2D eigenvalue weighted by molar-refractivity contribution is 5.16. The normalized spacial score (nSPS) is 14.0. The van der Waals surface area contributed by atoms with Crippen molar-refractivity contribution in [2.24, 2.45) is 0 Å². The van der Waals surface area contributed by atoms with E-state index < -0.39 is 12.2 Å². The van der Waals surface area contributed by atoms with Gasteiger partial charge in [-0.15, -0.1) is 0 Å². The van der Waals surface area contributed by atoms with Gasteiger partial charge in [-0.25, -0.2) is 0 Å². The van der Waals surface area contributed by atoms with Crippen molar-refractivity contribution in [2.75, 3.05) is 6.54 Å². The molecule has 0 saturated heterocycles. The molecule has 0 radical (unpaired) electrons. The van der Waals surface area contributed by atoms with Gasteiger partial charge < -0.3 is 5.32 Å². The first-order valence-corrected chi connectivity index (χ1v) is 4.25. The van der Waals surface area contributed by atoms with Gasteiger partial charge in [0.1, 0.15) is 6.04 Å². The van der Waals surface area contributed by atoms with Crippen LogP contribution in [0.25, 0.3) is 0 Å². The van der Waals surface area contributed by atoms with E-state index in [1.807, 2.05) is 0 Å². The van der Waals surface area contributed by atoms with Gasteiger partial charge in [-0.2, -0.15) is 13.2 Å². The zero-order valence-electron chi connectivity index (χ0n) is 7.67. The first-order valence-electron chi connectivity index (χ1n) is 4.25. The summed E-state index contributed by atoms with van der Waals surface area (Å²) in [6, 6.07) is 1.12. The monoisotopic (exact) mass is 204 g/mol. The number of hydrogen-bond acceptors (Lipinski definition) is 2. The maximum absolute atomic E-state index is 12.5. The van der Waals surface area contributed by atoms with E-state index in [1.165, 1.54) is 24.5 Å². The van der Waals surface area contributed by atoms with Gasteiger partial charge in [0.25, 0.3) is 0 Å². The molecule has 1 aromatic heterocycles. The highest BCUT2D eigenvalue weighted by atomic mass is 19.4. The van der Waals surface area contributed by atoms with E-state index >= 15 is 0 Å². The number of nitrogens with zero attached hydrogens (tertiary/aromatic N) is 1. The molecule has 0 aliphatic rings. The van der Waals surface area contributed by atoms with Gasteiger partial charge in [-0.05, 0) is 24.2 Å². The number of alkyl halides is 3. The molecule has 0 fully saturated rings. The lowest BCUT2D eigenvalue weighted by Gasteiger charge is -2.20. The van der Waals surface area contributed by atoms with E-state index in [0.29, 0.717) is 0 Å². The lowest BCUT2D eigenvalue weighted by atomic mass is 10.1. The summed E-state index contributed by atoms with van der Waals surface area (Å²) in [4.78, 5) is 3.67. The van der Waals surface area contributed by atoms with Crippen molar-refractivity contribution in [1.29, 1.82) is 0 Å². The summed E-state index contributed by atoms with van der Waals surface area (Å²) in [5, 5.41) is 2.39. The Balaban J connectivity index is 2.89. The predicted molar refractivity (Wildman–Crippen MR) is 46.7 cm³/mol. The molecule has 0 bridgehead atoms. The van der Waals surface area contributed by atoms with Crippen LogP contribution < -0.4 is 5.32 Å². The standard InChI is InChI=1S/C9H11F3N2/c1-2-14-8(9(10,11)12)7-3-5-13-6-4-7/h3-6,8,14H,2H2,1H3. The molecule has 0 spiro atoms. The van der Waals surface area contributed by atoms with Crippen LogP contribution in [0.15, 0.2) is 24.5 Å². The van der Waals surface area contributed by atoms with Crippen LogP contribution in [0.3, 0.4) is 0 Å². The Bertz CT molecular complexity index is 271. The molecule has 2 nitrogen and oxygen atoms in total. The SMILES string of the molecule is CCNC(c1ccncc1)C(F)(F)F. The number of rotatable bonds is 3. The molecular weight excluding hydrogens is 193 g/mol. The fourth-order valence-corrected chi connectivity index (χ4v) is 1.18. The van der Waals surface area contributed by atoms with Gasteiger partial charge in [-0.3, -0.25) is 4.98 Å². The van der Waals surface area contributed by atoms with Crippen LogP contribution in [-0.4, -0.2) is 17.7 Å². The highest BCUT2D eigenvalue weighted by Crippen LogP contribution is 2.31. The van der Waals surface area contributed by atoms with E-state index in [4.69, 9.17) is 0 Å². The second kappa shape index (κ2) is 4.41. The molecule has 1 aromatic rings. The number of pyridine rings is 1.